The summed E-state index contributed by atoms with van der Waals surface area (Å²) < 4.78 is 1.88. The summed E-state index contributed by atoms with van der Waals surface area (Å²) in [6, 6.07) is 7.10. The Labute approximate surface area is 118 Å². The van der Waals surface area contributed by atoms with Crippen molar-refractivity contribution in [2.24, 2.45) is 11.7 Å². The van der Waals surface area contributed by atoms with Crippen molar-refractivity contribution >= 4 is 11.6 Å². The quantitative estimate of drug-likeness (QED) is 0.876. The smallest absolute Gasteiger partial charge is 0.241 e. The van der Waals surface area contributed by atoms with Crippen LogP contribution in [0.15, 0.2) is 43.0 Å². The van der Waals surface area contributed by atoms with Crippen molar-refractivity contribution < 1.29 is 4.79 Å². The van der Waals surface area contributed by atoms with Gasteiger partial charge in [-0.1, -0.05) is 19.9 Å². The predicted molar refractivity (Wildman–Crippen MR) is 79.6 cm³/mol. The molecule has 3 N–H and O–H groups in total. The average Bonchev–Trinajstić information content (AvgIpc) is 2.92. The summed E-state index contributed by atoms with van der Waals surface area (Å²) >= 11 is 0. The van der Waals surface area contributed by atoms with E-state index in [4.69, 9.17) is 5.73 Å². The minimum Gasteiger partial charge on any atom is -0.325 e. The van der Waals surface area contributed by atoms with Crippen LogP contribution in [-0.4, -0.2) is 21.5 Å². The molecule has 0 fully saturated rings. The lowest BCUT2D eigenvalue weighted by Gasteiger charge is -2.14. The molecule has 0 spiro atoms. The number of rotatable bonds is 5. The van der Waals surface area contributed by atoms with Gasteiger partial charge < -0.3 is 15.6 Å². The zero-order chi connectivity index (χ0) is 14.5. The van der Waals surface area contributed by atoms with Gasteiger partial charge in [0.1, 0.15) is 0 Å². The van der Waals surface area contributed by atoms with Crippen LogP contribution in [0.1, 0.15) is 20.3 Å². The van der Waals surface area contributed by atoms with Crippen LogP contribution in [0.4, 0.5) is 5.69 Å². The lowest BCUT2D eigenvalue weighted by molar-refractivity contribution is -0.117. The van der Waals surface area contributed by atoms with E-state index in [9.17, 15) is 4.79 Å². The fourth-order valence-electron chi connectivity index (χ4n) is 2.01. The van der Waals surface area contributed by atoms with Crippen LogP contribution in [-0.2, 0) is 4.79 Å². The maximum atomic E-state index is 12.0. The van der Waals surface area contributed by atoms with E-state index in [1.165, 1.54) is 0 Å². The van der Waals surface area contributed by atoms with E-state index in [-0.39, 0.29) is 5.91 Å². The summed E-state index contributed by atoms with van der Waals surface area (Å²) in [6.07, 6.45) is 5.95. The first kappa shape index (κ1) is 14.3. The molecule has 20 heavy (non-hydrogen) atoms. The third kappa shape index (κ3) is 3.68. The van der Waals surface area contributed by atoms with Gasteiger partial charge in [0.25, 0.3) is 0 Å². The Morgan fingerprint density at radius 1 is 1.45 bits per heavy atom. The Morgan fingerprint density at radius 2 is 2.25 bits per heavy atom. The summed E-state index contributed by atoms with van der Waals surface area (Å²) in [5.41, 5.74) is 7.55. The van der Waals surface area contributed by atoms with E-state index in [0.717, 1.165) is 11.4 Å². The zero-order valence-corrected chi connectivity index (χ0v) is 11.8. The molecule has 0 bridgehead atoms. The Balaban J connectivity index is 2.07. The number of nitrogens with zero attached hydrogens (tertiary/aromatic N) is 2. The van der Waals surface area contributed by atoms with E-state index in [1.807, 2.05) is 48.9 Å². The van der Waals surface area contributed by atoms with Gasteiger partial charge in [-0.25, -0.2) is 4.98 Å². The number of imidazole rings is 1. The van der Waals surface area contributed by atoms with Crippen molar-refractivity contribution in [3.05, 3.63) is 43.0 Å². The Kier molecular flexibility index (Phi) is 4.53. The SMILES string of the molecule is CC(C)C[C@H](N)C(=O)Nc1cccc(-n2ccnc2)c1. The Hall–Kier alpha value is -2.14. The second-order valence-corrected chi connectivity index (χ2v) is 5.25. The number of hydrogen-bond donors (Lipinski definition) is 2. The van der Waals surface area contributed by atoms with Gasteiger partial charge in [-0.15, -0.1) is 0 Å². The molecule has 1 aromatic carbocycles. The minimum atomic E-state index is -0.480. The van der Waals surface area contributed by atoms with E-state index in [2.05, 4.69) is 10.3 Å². The predicted octanol–water partition coefficient (Wildman–Crippen LogP) is 2.18. The van der Waals surface area contributed by atoms with Gasteiger partial charge in [0.05, 0.1) is 12.4 Å². The number of nitrogens with two attached hydrogens (primary N) is 1. The summed E-state index contributed by atoms with van der Waals surface area (Å²) in [7, 11) is 0. The lowest BCUT2D eigenvalue weighted by Crippen LogP contribution is -2.36. The lowest BCUT2D eigenvalue weighted by atomic mass is 10.0. The number of anilines is 1. The molecule has 0 radical (unpaired) electrons. The highest BCUT2D eigenvalue weighted by molar-refractivity contribution is 5.94. The fraction of sp³-hybridized carbons (Fsp3) is 0.333. The van der Waals surface area contributed by atoms with Crippen molar-refractivity contribution in [3.8, 4) is 5.69 Å². The molecule has 0 saturated heterocycles. The van der Waals surface area contributed by atoms with Crippen LogP contribution < -0.4 is 11.1 Å². The van der Waals surface area contributed by atoms with Crippen LogP contribution in [0.2, 0.25) is 0 Å². The zero-order valence-electron chi connectivity index (χ0n) is 11.8. The molecule has 1 atom stereocenters. The molecule has 1 heterocycles. The van der Waals surface area contributed by atoms with E-state index >= 15 is 0 Å². The van der Waals surface area contributed by atoms with Crippen molar-refractivity contribution in [2.75, 3.05) is 5.32 Å². The number of hydrogen-bond acceptors (Lipinski definition) is 3. The molecule has 0 unspecified atom stereocenters. The van der Waals surface area contributed by atoms with Gasteiger partial charge in [0.15, 0.2) is 0 Å². The van der Waals surface area contributed by atoms with Gasteiger partial charge in [0, 0.05) is 23.8 Å². The molecule has 0 aliphatic carbocycles. The molecule has 5 nitrogen and oxygen atoms in total. The molecule has 0 aliphatic rings. The molecule has 1 aromatic heterocycles. The molecule has 0 saturated carbocycles. The van der Waals surface area contributed by atoms with Gasteiger partial charge >= 0.3 is 0 Å². The van der Waals surface area contributed by atoms with Crippen LogP contribution in [0.3, 0.4) is 0 Å². The number of amides is 1. The highest BCUT2D eigenvalue weighted by Crippen LogP contribution is 2.15. The molecule has 2 aromatic rings. The number of aromatic nitrogens is 2. The fourth-order valence-corrected chi connectivity index (χ4v) is 2.01. The highest BCUT2D eigenvalue weighted by atomic mass is 16.2. The summed E-state index contributed by atoms with van der Waals surface area (Å²) in [5, 5.41) is 2.85. The monoisotopic (exact) mass is 272 g/mol. The second kappa shape index (κ2) is 6.34. The maximum Gasteiger partial charge on any atom is 0.241 e. The molecular formula is C15H20N4O. The number of carbonyl (C=O) groups is 1. The van der Waals surface area contributed by atoms with Gasteiger partial charge in [-0.2, -0.15) is 0 Å². The standard InChI is InChI=1S/C15H20N4O/c1-11(2)8-14(16)15(20)18-12-4-3-5-13(9-12)19-7-6-17-10-19/h3-7,9-11,14H,8,16H2,1-2H3,(H,18,20)/t14-/m0/s1. The summed E-state index contributed by atoms with van der Waals surface area (Å²) in [4.78, 5) is 16.0. The van der Waals surface area contributed by atoms with E-state index in [0.29, 0.717) is 12.3 Å². The van der Waals surface area contributed by atoms with Crippen LogP contribution in [0, 0.1) is 5.92 Å². The third-order valence-corrected chi connectivity index (χ3v) is 2.98. The first-order valence-corrected chi connectivity index (χ1v) is 6.71. The van der Waals surface area contributed by atoms with Gasteiger partial charge in [-0.05, 0) is 30.5 Å². The largest absolute Gasteiger partial charge is 0.325 e. The van der Waals surface area contributed by atoms with Gasteiger partial charge in [-0.3, -0.25) is 4.79 Å². The second-order valence-electron chi connectivity index (χ2n) is 5.25. The van der Waals surface area contributed by atoms with E-state index in [1.54, 1.807) is 12.5 Å². The number of carbonyl (C=O) groups excluding carboxylic acids is 1. The molecule has 1 amide bonds. The number of benzene rings is 1. The molecule has 106 valence electrons. The van der Waals surface area contributed by atoms with Crippen LogP contribution >= 0.6 is 0 Å². The first-order chi connectivity index (χ1) is 9.56. The third-order valence-electron chi connectivity index (χ3n) is 2.98. The summed E-state index contributed by atoms with van der Waals surface area (Å²) in [6.45, 7) is 4.10. The Bertz CT molecular complexity index is 563. The average molecular weight is 272 g/mol. The van der Waals surface area contributed by atoms with Crippen molar-refractivity contribution in [1.29, 1.82) is 0 Å². The first-order valence-electron chi connectivity index (χ1n) is 6.71. The van der Waals surface area contributed by atoms with Crippen molar-refractivity contribution in [3.63, 3.8) is 0 Å². The van der Waals surface area contributed by atoms with E-state index < -0.39 is 6.04 Å². The minimum absolute atomic E-state index is 0.151. The van der Waals surface area contributed by atoms with Crippen molar-refractivity contribution in [1.82, 2.24) is 9.55 Å². The molecule has 2 rings (SSSR count). The maximum absolute atomic E-state index is 12.0. The topological polar surface area (TPSA) is 72.9 Å². The van der Waals surface area contributed by atoms with Crippen LogP contribution in [0.5, 0.6) is 0 Å². The van der Waals surface area contributed by atoms with Crippen molar-refractivity contribution in [2.45, 2.75) is 26.3 Å². The number of nitrogens with one attached hydrogen (secondary N) is 1. The normalized spacial score (nSPS) is 12.4. The van der Waals surface area contributed by atoms with Gasteiger partial charge in [0.2, 0.25) is 5.91 Å². The Morgan fingerprint density at radius 3 is 2.90 bits per heavy atom. The highest BCUT2D eigenvalue weighted by Gasteiger charge is 2.15. The van der Waals surface area contributed by atoms with Crippen LogP contribution in [0.25, 0.3) is 5.69 Å². The molecule has 5 heteroatoms. The summed E-state index contributed by atoms with van der Waals surface area (Å²) in [5.74, 6) is 0.245. The molecule has 0 aliphatic heterocycles. The molecular weight excluding hydrogens is 252 g/mol.